The lowest BCUT2D eigenvalue weighted by atomic mass is 10.0. The van der Waals surface area contributed by atoms with Crippen molar-refractivity contribution in [1.29, 1.82) is 0 Å². The minimum Gasteiger partial charge on any atom is -0.378 e. The van der Waals surface area contributed by atoms with Gasteiger partial charge in [0.2, 0.25) is 0 Å². The molecule has 2 aliphatic heterocycles. The minimum absolute atomic E-state index is 0.110. The highest BCUT2D eigenvalue weighted by Gasteiger charge is 2.25. The van der Waals surface area contributed by atoms with Gasteiger partial charge in [0.1, 0.15) is 0 Å². The van der Waals surface area contributed by atoms with Gasteiger partial charge in [0, 0.05) is 32.2 Å². The number of carbonyl (C=O) groups excluding carboxylic acids is 1. The number of ether oxygens (including phenoxy) is 1. The Morgan fingerprint density at radius 2 is 2.12 bits per heavy atom. The molecular weight excluding hydrogens is 204 g/mol. The number of carbonyl (C=O) groups is 1. The van der Waals surface area contributed by atoms with Gasteiger partial charge in [0.05, 0.1) is 6.10 Å². The highest BCUT2D eigenvalue weighted by atomic mass is 16.5. The SMILES string of the molecule is CC1OCCC1CNC(=O)N1CCCCC1. The quantitative estimate of drug-likeness (QED) is 0.777. The second kappa shape index (κ2) is 5.53. The molecule has 2 fully saturated rings. The van der Waals surface area contributed by atoms with Gasteiger partial charge < -0.3 is 15.0 Å². The molecule has 2 amide bonds. The van der Waals surface area contributed by atoms with Crippen LogP contribution in [0, 0.1) is 5.92 Å². The van der Waals surface area contributed by atoms with Gasteiger partial charge in [-0.2, -0.15) is 0 Å². The van der Waals surface area contributed by atoms with Crippen LogP contribution >= 0.6 is 0 Å². The van der Waals surface area contributed by atoms with Crippen LogP contribution < -0.4 is 5.32 Å². The lowest BCUT2D eigenvalue weighted by Crippen LogP contribution is -2.44. The van der Waals surface area contributed by atoms with Crippen molar-refractivity contribution in [2.75, 3.05) is 26.2 Å². The molecule has 2 saturated heterocycles. The average molecular weight is 226 g/mol. The fourth-order valence-electron chi connectivity index (χ4n) is 2.47. The van der Waals surface area contributed by atoms with E-state index in [1.165, 1.54) is 6.42 Å². The highest BCUT2D eigenvalue weighted by Crippen LogP contribution is 2.19. The Morgan fingerprint density at radius 3 is 2.75 bits per heavy atom. The first-order chi connectivity index (χ1) is 7.77. The van der Waals surface area contributed by atoms with Gasteiger partial charge >= 0.3 is 6.03 Å². The Hall–Kier alpha value is -0.770. The van der Waals surface area contributed by atoms with Crippen LogP contribution in [0.25, 0.3) is 0 Å². The van der Waals surface area contributed by atoms with Crippen LogP contribution in [0.1, 0.15) is 32.6 Å². The van der Waals surface area contributed by atoms with E-state index >= 15 is 0 Å². The molecule has 0 bridgehead atoms. The maximum Gasteiger partial charge on any atom is 0.317 e. The first-order valence-corrected chi connectivity index (χ1v) is 6.42. The molecule has 0 aromatic heterocycles. The zero-order valence-electron chi connectivity index (χ0n) is 10.1. The van der Waals surface area contributed by atoms with E-state index in [9.17, 15) is 4.79 Å². The first-order valence-electron chi connectivity index (χ1n) is 6.42. The van der Waals surface area contributed by atoms with Crippen molar-refractivity contribution >= 4 is 6.03 Å². The van der Waals surface area contributed by atoms with Gasteiger partial charge in [0.25, 0.3) is 0 Å². The van der Waals surface area contributed by atoms with Gasteiger partial charge in [-0.3, -0.25) is 0 Å². The van der Waals surface area contributed by atoms with Crippen molar-refractivity contribution in [3.63, 3.8) is 0 Å². The molecule has 4 nitrogen and oxygen atoms in total. The zero-order valence-corrected chi connectivity index (χ0v) is 10.1. The monoisotopic (exact) mass is 226 g/mol. The van der Waals surface area contributed by atoms with E-state index in [4.69, 9.17) is 4.74 Å². The molecule has 2 aliphatic rings. The molecule has 0 saturated carbocycles. The highest BCUT2D eigenvalue weighted by molar-refractivity contribution is 5.74. The molecular formula is C12H22N2O2. The van der Waals surface area contributed by atoms with Gasteiger partial charge in [-0.05, 0) is 32.6 Å². The zero-order chi connectivity index (χ0) is 11.4. The van der Waals surface area contributed by atoms with Gasteiger partial charge in [-0.15, -0.1) is 0 Å². The molecule has 2 rings (SSSR count). The number of amides is 2. The maximum atomic E-state index is 11.8. The molecule has 0 aromatic rings. The van der Waals surface area contributed by atoms with E-state index in [0.717, 1.165) is 45.5 Å². The number of hydrogen-bond donors (Lipinski definition) is 1. The Kier molecular flexibility index (Phi) is 4.04. The number of piperidine rings is 1. The summed E-state index contributed by atoms with van der Waals surface area (Å²) in [5.74, 6) is 0.494. The lowest BCUT2D eigenvalue weighted by molar-refractivity contribution is 0.105. The van der Waals surface area contributed by atoms with Crippen LogP contribution in [-0.4, -0.2) is 43.3 Å². The van der Waals surface area contributed by atoms with Crippen LogP contribution in [-0.2, 0) is 4.74 Å². The second-order valence-electron chi connectivity index (χ2n) is 4.86. The second-order valence-corrected chi connectivity index (χ2v) is 4.86. The summed E-state index contributed by atoms with van der Waals surface area (Å²) in [6.45, 7) is 5.53. The molecule has 2 atom stereocenters. The largest absolute Gasteiger partial charge is 0.378 e. The van der Waals surface area contributed by atoms with Crippen LogP contribution in [0.3, 0.4) is 0 Å². The summed E-state index contributed by atoms with van der Waals surface area (Å²) in [4.78, 5) is 13.8. The van der Waals surface area contributed by atoms with Crippen molar-refractivity contribution in [2.24, 2.45) is 5.92 Å². The fourth-order valence-corrected chi connectivity index (χ4v) is 2.47. The molecule has 2 heterocycles. The van der Waals surface area contributed by atoms with E-state index in [2.05, 4.69) is 12.2 Å². The molecule has 2 unspecified atom stereocenters. The van der Waals surface area contributed by atoms with Crippen molar-refractivity contribution < 1.29 is 9.53 Å². The summed E-state index contributed by atoms with van der Waals surface area (Å²) in [5, 5.41) is 3.03. The minimum atomic E-state index is 0.110. The number of rotatable bonds is 2. The van der Waals surface area contributed by atoms with Gasteiger partial charge in [-0.1, -0.05) is 0 Å². The molecule has 92 valence electrons. The molecule has 16 heavy (non-hydrogen) atoms. The van der Waals surface area contributed by atoms with Crippen molar-refractivity contribution in [3.8, 4) is 0 Å². The van der Waals surface area contributed by atoms with E-state index < -0.39 is 0 Å². The predicted octanol–water partition coefficient (Wildman–Crippen LogP) is 1.61. The molecule has 0 aliphatic carbocycles. The van der Waals surface area contributed by atoms with Crippen molar-refractivity contribution in [2.45, 2.75) is 38.7 Å². The van der Waals surface area contributed by atoms with Crippen LogP contribution in [0.5, 0.6) is 0 Å². The van der Waals surface area contributed by atoms with E-state index in [-0.39, 0.29) is 6.03 Å². The van der Waals surface area contributed by atoms with E-state index in [0.29, 0.717) is 12.0 Å². The molecule has 0 spiro atoms. The molecule has 4 heteroatoms. The maximum absolute atomic E-state index is 11.8. The van der Waals surface area contributed by atoms with Crippen LogP contribution in [0.15, 0.2) is 0 Å². The molecule has 0 aromatic carbocycles. The summed E-state index contributed by atoms with van der Waals surface area (Å²) >= 11 is 0. The molecule has 0 radical (unpaired) electrons. The predicted molar refractivity (Wildman–Crippen MR) is 62.3 cm³/mol. The van der Waals surface area contributed by atoms with Crippen LogP contribution in [0.4, 0.5) is 4.79 Å². The molecule has 1 N–H and O–H groups in total. The number of urea groups is 1. The van der Waals surface area contributed by atoms with Crippen molar-refractivity contribution in [3.05, 3.63) is 0 Å². The number of hydrogen-bond acceptors (Lipinski definition) is 2. The Balaban J connectivity index is 1.70. The summed E-state index contributed by atoms with van der Waals surface area (Å²) in [6.07, 6.45) is 4.92. The fraction of sp³-hybridized carbons (Fsp3) is 0.917. The Bertz CT molecular complexity index is 239. The third kappa shape index (κ3) is 2.88. The van der Waals surface area contributed by atoms with Crippen molar-refractivity contribution in [1.82, 2.24) is 10.2 Å². The number of nitrogens with one attached hydrogen (secondary N) is 1. The van der Waals surface area contributed by atoms with Crippen LogP contribution in [0.2, 0.25) is 0 Å². The average Bonchev–Trinajstić information content (AvgIpc) is 2.73. The first kappa shape index (κ1) is 11.7. The standard InChI is InChI=1S/C12H22N2O2/c1-10-11(5-8-16-10)9-13-12(15)14-6-3-2-4-7-14/h10-11H,2-9H2,1H3,(H,13,15). The van der Waals surface area contributed by atoms with Gasteiger partial charge in [0.15, 0.2) is 0 Å². The normalized spacial score (nSPS) is 30.4. The number of nitrogens with zero attached hydrogens (tertiary/aromatic N) is 1. The smallest absolute Gasteiger partial charge is 0.317 e. The summed E-state index contributed by atoms with van der Waals surface area (Å²) in [6, 6.07) is 0.110. The Labute approximate surface area is 97.3 Å². The summed E-state index contributed by atoms with van der Waals surface area (Å²) in [5.41, 5.74) is 0. The third-order valence-corrected chi connectivity index (χ3v) is 3.69. The third-order valence-electron chi connectivity index (χ3n) is 3.69. The topological polar surface area (TPSA) is 41.6 Å². The lowest BCUT2D eigenvalue weighted by Gasteiger charge is -2.27. The summed E-state index contributed by atoms with van der Waals surface area (Å²) < 4.78 is 5.48. The van der Waals surface area contributed by atoms with Gasteiger partial charge in [-0.25, -0.2) is 4.79 Å². The van der Waals surface area contributed by atoms with E-state index in [1.54, 1.807) is 0 Å². The summed E-state index contributed by atoms with van der Waals surface area (Å²) in [7, 11) is 0. The van der Waals surface area contributed by atoms with E-state index in [1.807, 2.05) is 4.90 Å². The number of likely N-dealkylation sites (tertiary alicyclic amines) is 1. The Morgan fingerprint density at radius 1 is 1.38 bits per heavy atom.